The van der Waals surface area contributed by atoms with Crippen molar-refractivity contribution >= 4 is 11.8 Å². The lowest BCUT2D eigenvalue weighted by Crippen LogP contribution is -2.49. The first-order chi connectivity index (χ1) is 9.48. The second kappa shape index (κ2) is 5.57. The molecule has 1 aliphatic heterocycles. The summed E-state index contributed by atoms with van der Waals surface area (Å²) in [6.45, 7) is 5.96. The average Bonchev–Trinajstić information content (AvgIpc) is 2.42. The lowest BCUT2D eigenvalue weighted by Gasteiger charge is -2.37. The predicted octanol–water partition coefficient (Wildman–Crippen LogP) is 3.17. The Morgan fingerprint density at radius 1 is 1.45 bits per heavy atom. The minimum absolute atomic E-state index is 0.169. The number of hydrogen-bond acceptors (Lipinski definition) is 2. The Morgan fingerprint density at radius 2 is 2.10 bits per heavy atom. The largest absolute Gasteiger partial charge is 0.278 e. The van der Waals surface area contributed by atoms with Gasteiger partial charge in [-0.2, -0.15) is 0 Å². The van der Waals surface area contributed by atoms with Gasteiger partial charge in [0, 0.05) is 12.1 Å². The van der Waals surface area contributed by atoms with Gasteiger partial charge < -0.3 is 0 Å². The number of carbonyl (C=O) groups excluding carboxylic acids is 2. The maximum atomic E-state index is 12.9. The number of imide groups is 1. The number of carbonyl (C=O) groups is 2. The average molecular weight is 275 g/mol. The van der Waals surface area contributed by atoms with E-state index in [2.05, 4.69) is 6.58 Å². The van der Waals surface area contributed by atoms with E-state index in [1.165, 1.54) is 29.2 Å². The van der Waals surface area contributed by atoms with Gasteiger partial charge >= 0.3 is 0 Å². The highest BCUT2D eigenvalue weighted by atomic mass is 19.1. The van der Waals surface area contributed by atoms with Gasteiger partial charge in [0.05, 0.1) is 5.41 Å². The smallest absolute Gasteiger partial charge is 0.260 e. The normalized spacial score (nSPS) is 22.7. The van der Waals surface area contributed by atoms with Crippen molar-refractivity contribution in [1.82, 2.24) is 4.90 Å². The fourth-order valence-electron chi connectivity index (χ4n) is 2.61. The van der Waals surface area contributed by atoms with E-state index in [0.29, 0.717) is 18.5 Å². The summed E-state index contributed by atoms with van der Waals surface area (Å²) in [4.78, 5) is 26.2. The molecule has 0 N–H and O–H groups in total. The van der Waals surface area contributed by atoms with Crippen molar-refractivity contribution in [3.63, 3.8) is 0 Å². The van der Waals surface area contributed by atoms with Crippen LogP contribution in [0, 0.1) is 11.2 Å². The highest BCUT2D eigenvalue weighted by Crippen LogP contribution is 2.35. The molecule has 1 fully saturated rings. The Bertz CT molecular complexity index is 538. The molecule has 1 aliphatic rings. The number of benzene rings is 1. The number of amides is 2. The molecule has 0 radical (unpaired) electrons. The third kappa shape index (κ3) is 2.64. The zero-order valence-corrected chi connectivity index (χ0v) is 11.6. The first kappa shape index (κ1) is 14.4. The third-order valence-corrected chi connectivity index (χ3v) is 3.80. The monoisotopic (exact) mass is 275 g/mol. The van der Waals surface area contributed by atoms with Crippen LogP contribution in [0.4, 0.5) is 4.39 Å². The van der Waals surface area contributed by atoms with Crippen LogP contribution in [0.5, 0.6) is 0 Å². The first-order valence-electron chi connectivity index (χ1n) is 6.71. The molecule has 20 heavy (non-hydrogen) atoms. The summed E-state index contributed by atoms with van der Waals surface area (Å²) in [6.07, 6.45) is 3.80. The van der Waals surface area contributed by atoms with Crippen LogP contribution in [0.2, 0.25) is 0 Å². The van der Waals surface area contributed by atoms with Crippen molar-refractivity contribution in [1.29, 1.82) is 0 Å². The molecule has 106 valence electrons. The van der Waals surface area contributed by atoms with E-state index in [-0.39, 0.29) is 11.8 Å². The quantitative estimate of drug-likeness (QED) is 0.627. The van der Waals surface area contributed by atoms with Gasteiger partial charge in [-0.1, -0.05) is 13.0 Å². The van der Waals surface area contributed by atoms with Crippen LogP contribution in [-0.4, -0.2) is 23.3 Å². The fourth-order valence-corrected chi connectivity index (χ4v) is 2.61. The van der Waals surface area contributed by atoms with Crippen molar-refractivity contribution < 1.29 is 14.0 Å². The lowest BCUT2D eigenvalue weighted by atomic mass is 9.78. The molecule has 1 aromatic carbocycles. The van der Waals surface area contributed by atoms with Gasteiger partial charge in [-0.3, -0.25) is 14.5 Å². The molecule has 1 aromatic rings. The molecular formula is C16H18FNO2. The summed E-state index contributed by atoms with van der Waals surface area (Å²) in [5.41, 5.74) is -0.224. The van der Waals surface area contributed by atoms with Crippen LogP contribution in [0.25, 0.3) is 0 Å². The van der Waals surface area contributed by atoms with Crippen LogP contribution in [0.3, 0.4) is 0 Å². The Balaban J connectivity index is 2.23. The number of piperidine rings is 1. The third-order valence-electron chi connectivity index (χ3n) is 3.80. The van der Waals surface area contributed by atoms with E-state index in [1.807, 2.05) is 6.92 Å². The van der Waals surface area contributed by atoms with Crippen molar-refractivity contribution in [2.75, 3.05) is 6.54 Å². The van der Waals surface area contributed by atoms with Gasteiger partial charge in [0.25, 0.3) is 5.91 Å². The van der Waals surface area contributed by atoms with Crippen LogP contribution < -0.4 is 0 Å². The maximum absolute atomic E-state index is 12.9. The first-order valence-corrected chi connectivity index (χ1v) is 6.71. The van der Waals surface area contributed by atoms with Gasteiger partial charge in [-0.05, 0) is 43.5 Å². The Hall–Kier alpha value is -1.97. The van der Waals surface area contributed by atoms with Crippen molar-refractivity contribution in [3.05, 3.63) is 48.3 Å². The number of allylic oxidation sites excluding steroid dienone is 1. The van der Waals surface area contributed by atoms with Gasteiger partial charge in [0.1, 0.15) is 5.82 Å². The van der Waals surface area contributed by atoms with E-state index in [0.717, 1.165) is 12.8 Å². The van der Waals surface area contributed by atoms with Crippen molar-refractivity contribution in [2.24, 2.45) is 5.41 Å². The summed E-state index contributed by atoms with van der Waals surface area (Å²) in [5, 5.41) is 0. The van der Waals surface area contributed by atoms with Crippen molar-refractivity contribution in [2.45, 2.75) is 26.2 Å². The predicted molar refractivity (Wildman–Crippen MR) is 74.6 cm³/mol. The molecule has 1 heterocycles. The fraction of sp³-hybridized carbons (Fsp3) is 0.375. The molecule has 0 spiro atoms. The molecule has 4 heteroatoms. The van der Waals surface area contributed by atoms with E-state index in [1.54, 1.807) is 6.08 Å². The summed E-state index contributed by atoms with van der Waals surface area (Å²) >= 11 is 0. The molecule has 2 amide bonds. The highest BCUT2D eigenvalue weighted by molar-refractivity contribution is 6.06. The Kier molecular flexibility index (Phi) is 4.02. The summed E-state index contributed by atoms with van der Waals surface area (Å²) in [7, 11) is 0. The lowest BCUT2D eigenvalue weighted by molar-refractivity contribution is -0.141. The number of likely N-dealkylation sites (tertiary alicyclic amines) is 1. The summed E-state index contributed by atoms with van der Waals surface area (Å²) < 4.78 is 12.9. The van der Waals surface area contributed by atoms with Gasteiger partial charge in [-0.25, -0.2) is 4.39 Å². The topological polar surface area (TPSA) is 37.4 Å². The number of rotatable bonds is 3. The molecule has 0 aromatic heterocycles. The number of hydrogen-bond donors (Lipinski definition) is 0. The standard InChI is InChI=1S/C16H18FNO2/c1-3-9-16(2)10-4-11-18(15(16)20)14(19)12-5-7-13(17)8-6-12/h3,5-8H,1,4,9-11H2,2H3/t16-/m1/s1. The molecule has 0 saturated carbocycles. The zero-order chi connectivity index (χ0) is 14.8. The van der Waals surface area contributed by atoms with E-state index >= 15 is 0 Å². The van der Waals surface area contributed by atoms with E-state index < -0.39 is 11.2 Å². The molecule has 1 saturated heterocycles. The molecule has 2 rings (SSSR count). The van der Waals surface area contributed by atoms with E-state index in [9.17, 15) is 14.0 Å². The number of nitrogens with zero attached hydrogens (tertiary/aromatic N) is 1. The second-order valence-corrected chi connectivity index (χ2v) is 5.43. The molecule has 0 aliphatic carbocycles. The van der Waals surface area contributed by atoms with Gasteiger partial charge in [0.15, 0.2) is 0 Å². The highest BCUT2D eigenvalue weighted by Gasteiger charge is 2.41. The van der Waals surface area contributed by atoms with Crippen LogP contribution in [0.1, 0.15) is 36.5 Å². The molecule has 0 unspecified atom stereocenters. The van der Waals surface area contributed by atoms with Gasteiger partial charge in [-0.15, -0.1) is 6.58 Å². The van der Waals surface area contributed by atoms with Crippen LogP contribution >= 0.6 is 0 Å². The molecule has 3 nitrogen and oxygen atoms in total. The van der Waals surface area contributed by atoms with Crippen LogP contribution in [0.15, 0.2) is 36.9 Å². The van der Waals surface area contributed by atoms with Crippen molar-refractivity contribution in [3.8, 4) is 0 Å². The summed E-state index contributed by atoms with van der Waals surface area (Å²) in [5.74, 6) is -0.925. The number of halogens is 1. The maximum Gasteiger partial charge on any atom is 0.260 e. The Morgan fingerprint density at radius 3 is 2.70 bits per heavy atom. The van der Waals surface area contributed by atoms with Crippen LogP contribution in [-0.2, 0) is 4.79 Å². The zero-order valence-electron chi connectivity index (χ0n) is 11.6. The second-order valence-electron chi connectivity index (χ2n) is 5.43. The minimum atomic E-state index is -0.560. The van der Waals surface area contributed by atoms with Gasteiger partial charge in [0.2, 0.25) is 5.91 Å². The molecule has 0 bridgehead atoms. The molecule has 1 atom stereocenters. The summed E-state index contributed by atoms with van der Waals surface area (Å²) in [6, 6.07) is 5.27. The molecular weight excluding hydrogens is 257 g/mol. The SMILES string of the molecule is C=CC[C@]1(C)CCCN(C(=O)c2ccc(F)cc2)C1=O. The van der Waals surface area contributed by atoms with E-state index in [4.69, 9.17) is 0 Å². The minimum Gasteiger partial charge on any atom is -0.278 e. The Labute approximate surface area is 118 Å².